The topological polar surface area (TPSA) is 100 Å². The normalized spacial score (nSPS) is 16.4. The van der Waals surface area contributed by atoms with Gasteiger partial charge in [-0.3, -0.25) is 14.4 Å². The van der Waals surface area contributed by atoms with E-state index in [4.69, 9.17) is 0 Å². The second-order valence-corrected chi connectivity index (χ2v) is 7.29. The van der Waals surface area contributed by atoms with E-state index < -0.39 is 0 Å². The number of hydrogen-bond donors (Lipinski definition) is 3. The lowest BCUT2D eigenvalue weighted by molar-refractivity contribution is -0.126. The summed E-state index contributed by atoms with van der Waals surface area (Å²) in [5, 5.41) is 10.6. The van der Waals surface area contributed by atoms with Crippen LogP contribution in [0.2, 0.25) is 0 Å². The van der Waals surface area contributed by atoms with E-state index in [0.717, 1.165) is 6.42 Å². The third-order valence-electron chi connectivity index (χ3n) is 4.34. The molecule has 1 aromatic heterocycles. The minimum atomic E-state index is -0.240. The maximum absolute atomic E-state index is 12.2. The summed E-state index contributed by atoms with van der Waals surface area (Å²) in [7, 11) is 0. The van der Waals surface area contributed by atoms with Crippen LogP contribution in [0.1, 0.15) is 24.1 Å². The quantitative estimate of drug-likeness (QED) is 0.671. The Hall–Kier alpha value is -2.74. The van der Waals surface area contributed by atoms with E-state index in [1.807, 2.05) is 30.3 Å². The Kier molecular flexibility index (Phi) is 6.54. The van der Waals surface area contributed by atoms with Crippen LogP contribution < -0.4 is 16.0 Å². The largest absolute Gasteiger partial charge is 0.355 e. The predicted octanol–water partition coefficient (Wildman–Crippen LogP) is 1.51. The molecule has 1 unspecified atom stereocenters. The van der Waals surface area contributed by atoms with Crippen LogP contribution in [0, 0.1) is 5.92 Å². The monoisotopic (exact) mass is 386 g/mol. The van der Waals surface area contributed by atoms with Gasteiger partial charge in [0.05, 0.1) is 18.0 Å². The molecule has 3 amide bonds. The number of piperidine rings is 1. The molecule has 142 valence electrons. The van der Waals surface area contributed by atoms with Gasteiger partial charge in [0.2, 0.25) is 17.7 Å². The van der Waals surface area contributed by atoms with Crippen LogP contribution in [-0.4, -0.2) is 35.8 Å². The number of amides is 3. The van der Waals surface area contributed by atoms with E-state index in [0.29, 0.717) is 36.8 Å². The third-order valence-corrected chi connectivity index (χ3v) is 5.15. The van der Waals surface area contributed by atoms with Crippen LogP contribution in [0.4, 0.5) is 5.13 Å². The number of thiazole rings is 1. The number of carbonyl (C=O) groups excluding carboxylic acids is 3. The van der Waals surface area contributed by atoms with Crippen molar-refractivity contribution in [2.75, 3.05) is 18.4 Å². The highest BCUT2D eigenvalue weighted by atomic mass is 32.1. The van der Waals surface area contributed by atoms with Crippen molar-refractivity contribution in [1.29, 1.82) is 0 Å². The maximum atomic E-state index is 12.2. The average Bonchev–Trinajstić information content (AvgIpc) is 3.09. The Balaban J connectivity index is 1.41. The number of aromatic nitrogens is 1. The lowest BCUT2D eigenvalue weighted by Crippen LogP contribution is -2.40. The number of rotatable bonds is 7. The molecular formula is C19H22N4O3S. The van der Waals surface area contributed by atoms with E-state index in [-0.39, 0.29) is 30.1 Å². The molecule has 7 nitrogen and oxygen atoms in total. The Morgan fingerprint density at radius 2 is 2.07 bits per heavy atom. The second kappa shape index (κ2) is 9.27. The number of nitrogens with zero attached hydrogens (tertiary/aromatic N) is 1. The molecule has 1 fully saturated rings. The lowest BCUT2D eigenvalue weighted by Gasteiger charge is -2.20. The molecular weight excluding hydrogens is 364 g/mol. The summed E-state index contributed by atoms with van der Waals surface area (Å²) in [5.74, 6) is -0.502. The van der Waals surface area contributed by atoms with Crippen molar-refractivity contribution in [2.24, 2.45) is 5.92 Å². The van der Waals surface area contributed by atoms with Gasteiger partial charge in [0.1, 0.15) is 0 Å². The fourth-order valence-corrected chi connectivity index (χ4v) is 3.54. The van der Waals surface area contributed by atoms with Gasteiger partial charge in [0.25, 0.3) is 0 Å². The summed E-state index contributed by atoms with van der Waals surface area (Å²) in [6, 6.07) is 9.97. The summed E-state index contributed by atoms with van der Waals surface area (Å²) in [4.78, 5) is 39.7. The van der Waals surface area contributed by atoms with Gasteiger partial charge in [-0.2, -0.15) is 0 Å². The van der Waals surface area contributed by atoms with E-state index in [1.165, 1.54) is 16.9 Å². The standard InChI is InChI=1S/C19H22N4O3S/c24-16-7-6-14(11-21-16)18(26)23-19-22-15(12-27-19)10-17(25)20-9-8-13-4-2-1-3-5-13/h1-5,12,14H,6-11H2,(H,20,25)(H,21,24)(H,22,23,26). The Morgan fingerprint density at radius 1 is 1.26 bits per heavy atom. The highest BCUT2D eigenvalue weighted by molar-refractivity contribution is 7.13. The average molecular weight is 386 g/mol. The van der Waals surface area contributed by atoms with Gasteiger partial charge in [-0.15, -0.1) is 11.3 Å². The first kappa shape index (κ1) is 19.0. The van der Waals surface area contributed by atoms with E-state index in [2.05, 4.69) is 20.9 Å². The second-order valence-electron chi connectivity index (χ2n) is 6.44. The van der Waals surface area contributed by atoms with Gasteiger partial charge < -0.3 is 16.0 Å². The molecule has 2 heterocycles. The van der Waals surface area contributed by atoms with Crippen LogP contribution in [0.5, 0.6) is 0 Å². The fraction of sp³-hybridized carbons (Fsp3) is 0.368. The fourth-order valence-electron chi connectivity index (χ4n) is 2.83. The number of carbonyl (C=O) groups is 3. The molecule has 27 heavy (non-hydrogen) atoms. The molecule has 3 rings (SSSR count). The molecule has 1 saturated heterocycles. The summed E-state index contributed by atoms with van der Waals surface area (Å²) in [5.41, 5.74) is 1.81. The molecule has 0 radical (unpaired) electrons. The summed E-state index contributed by atoms with van der Waals surface area (Å²) in [6.07, 6.45) is 1.87. The van der Waals surface area contributed by atoms with Gasteiger partial charge in [0, 0.05) is 24.9 Å². The Labute approximate surface area is 161 Å². The van der Waals surface area contributed by atoms with Crippen LogP contribution >= 0.6 is 11.3 Å². The Morgan fingerprint density at radius 3 is 2.81 bits per heavy atom. The smallest absolute Gasteiger partial charge is 0.231 e. The first-order valence-electron chi connectivity index (χ1n) is 8.93. The molecule has 3 N–H and O–H groups in total. The zero-order valence-electron chi connectivity index (χ0n) is 14.9. The van der Waals surface area contributed by atoms with E-state index in [9.17, 15) is 14.4 Å². The molecule has 1 aliphatic rings. The van der Waals surface area contributed by atoms with Crippen LogP contribution in [0.15, 0.2) is 35.7 Å². The highest BCUT2D eigenvalue weighted by Crippen LogP contribution is 2.19. The van der Waals surface area contributed by atoms with Crippen molar-refractivity contribution in [2.45, 2.75) is 25.7 Å². The highest BCUT2D eigenvalue weighted by Gasteiger charge is 2.25. The number of benzene rings is 1. The van der Waals surface area contributed by atoms with E-state index >= 15 is 0 Å². The van der Waals surface area contributed by atoms with Gasteiger partial charge in [0.15, 0.2) is 5.13 Å². The van der Waals surface area contributed by atoms with Crippen molar-refractivity contribution < 1.29 is 14.4 Å². The molecule has 0 spiro atoms. The van der Waals surface area contributed by atoms with Crippen molar-refractivity contribution >= 4 is 34.2 Å². The summed E-state index contributed by atoms with van der Waals surface area (Å²) < 4.78 is 0. The molecule has 2 aromatic rings. The van der Waals surface area contributed by atoms with Crippen LogP contribution in [0.25, 0.3) is 0 Å². The van der Waals surface area contributed by atoms with Crippen molar-refractivity contribution in [3.8, 4) is 0 Å². The zero-order chi connectivity index (χ0) is 19.1. The number of hydrogen-bond acceptors (Lipinski definition) is 5. The van der Waals surface area contributed by atoms with Crippen molar-refractivity contribution in [1.82, 2.24) is 15.6 Å². The lowest BCUT2D eigenvalue weighted by atomic mass is 9.98. The molecule has 0 bridgehead atoms. The van der Waals surface area contributed by atoms with Gasteiger partial charge in [-0.1, -0.05) is 30.3 Å². The first-order valence-corrected chi connectivity index (χ1v) is 9.80. The van der Waals surface area contributed by atoms with Gasteiger partial charge >= 0.3 is 0 Å². The number of nitrogens with one attached hydrogen (secondary N) is 3. The minimum absolute atomic E-state index is 0.0196. The maximum Gasteiger partial charge on any atom is 0.231 e. The van der Waals surface area contributed by atoms with Crippen molar-refractivity contribution in [3.63, 3.8) is 0 Å². The SMILES string of the molecule is O=C1CCC(C(=O)Nc2nc(CC(=O)NCCc3ccccc3)cs2)CN1. The zero-order valence-corrected chi connectivity index (χ0v) is 15.7. The molecule has 8 heteroatoms. The summed E-state index contributed by atoms with van der Waals surface area (Å²) in [6.45, 7) is 0.927. The molecule has 1 aromatic carbocycles. The first-order chi connectivity index (χ1) is 13.1. The van der Waals surface area contributed by atoms with E-state index in [1.54, 1.807) is 5.38 Å². The minimum Gasteiger partial charge on any atom is -0.355 e. The molecule has 1 atom stereocenters. The summed E-state index contributed by atoms with van der Waals surface area (Å²) >= 11 is 1.29. The number of anilines is 1. The molecule has 0 aliphatic carbocycles. The van der Waals surface area contributed by atoms with Gasteiger partial charge in [-0.25, -0.2) is 4.98 Å². The van der Waals surface area contributed by atoms with Crippen molar-refractivity contribution in [3.05, 3.63) is 47.0 Å². The van der Waals surface area contributed by atoms with Crippen LogP contribution in [0.3, 0.4) is 0 Å². The van der Waals surface area contributed by atoms with Crippen LogP contribution in [-0.2, 0) is 27.2 Å². The predicted molar refractivity (Wildman–Crippen MR) is 103 cm³/mol. The van der Waals surface area contributed by atoms with Gasteiger partial charge in [-0.05, 0) is 18.4 Å². The molecule has 0 saturated carbocycles. The molecule has 1 aliphatic heterocycles. The Bertz CT molecular complexity index is 796. The third kappa shape index (κ3) is 5.89.